The van der Waals surface area contributed by atoms with Gasteiger partial charge in [-0.05, 0) is 55.2 Å². The SMILES string of the molecule is CCCNC(CC(C)C)c1ccccc1C1CCC1. The Morgan fingerprint density at radius 2 is 1.95 bits per heavy atom. The van der Waals surface area contributed by atoms with Crippen molar-refractivity contribution in [1.29, 1.82) is 0 Å². The first-order valence-corrected chi connectivity index (χ1v) is 8.04. The van der Waals surface area contributed by atoms with E-state index in [1.807, 2.05) is 0 Å². The minimum absolute atomic E-state index is 0.539. The molecule has 0 saturated heterocycles. The van der Waals surface area contributed by atoms with Gasteiger partial charge in [0.15, 0.2) is 0 Å². The second-order valence-electron chi connectivity index (χ2n) is 6.39. The third kappa shape index (κ3) is 3.82. The maximum atomic E-state index is 3.76. The Morgan fingerprint density at radius 1 is 1.21 bits per heavy atom. The van der Waals surface area contributed by atoms with Crippen LogP contribution in [0.2, 0.25) is 0 Å². The molecule has 1 unspecified atom stereocenters. The molecule has 1 fully saturated rings. The van der Waals surface area contributed by atoms with Crippen molar-refractivity contribution in [2.24, 2.45) is 5.92 Å². The average Bonchev–Trinajstić information content (AvgIpc) is 2.33. The highest BCUT2D eigenvalue weighted by atomic mass is 14.9. The second kappa shape index (κ2) is 7.09. The zero-order valence-corrected chi connectivity index (χ0v) is 12.8. The lowest BCUT2D eigenvalue weighted by Gasteiger charge is -2.31. The van der Waals surface area contributed by atoms with Crippen LogP contribution in [0.4, 0.5) is 0 Å². The van der Waals surface area contributed by atoms with Gasteiger partial charge in [-0.15, -0.1) is 0 Å². The highest BCUT2D eigenvalue weighted by Gasteiger charge is 2.24. The highest BCUT2D eigenvalue weighted by molar-refractivity contribution is 5.34. The van der Waals surface area contributed by atoms with E-state index in [9.17, 15) is 0 Å². The van der Waals surface area contributed by atoms with Gasteiger partial charge in [0, 0.05) is 6.04 Å². The summed E-state index contributed by atoms with van der Waals surface area (Å²) >= 11 is 0. The normalized spacial score (nSPS) is 17.5. The molecule has 1 aromatic carbocycles. The van der Waals surface area contributed by atoms with Gasteiger partial charge in [0.05, 0.1) is 0 Å². The fourth-order valence-electron chi connectivity index (χ4n) is 3.03. The van der Waals surface area contributed by atoms with Crippen molar-refractivity contribution in [3.05, 3.63) is 35.4 Å². The predicted molar refractivity (Wildman–Crippen MR) is 83.5 cm³/mol. The quantitative estimate of drug-likeness (QED) is 0.723. The van der Waals surface area contributed by atoms with Crippen LogP contribution in [-0.2, 0) is 0 Å². The molecule has 1 N–H and O–H groups in total. The van der Waals surface area contributed by atoms with Crippen LogP contribution in [0, 0.1) is 5.92 Å². The number of nitrogens with one attached hydrogen (secondary N) is 1. The average molecular weight is 259 g/mol. The van der Waals surface area contributed by atoms with Crippen molar-refractivity contribution in [3.8, 4) is 0 Å². The van der Waals surface area contributed by atoms with Gasteiger partial charge >= 0.3 is 0 Å². The van der Waals surface area contributed by atoms with Crippen LogP contribution in [-0.4, -0.2) is 6.54 Å². The van der Waals surface area contributed by atoms with Gasteiger partial charge in [-0.25, -0.2) is 0 Å². The van der Waals surface area contributed by atoms with Gasteiger partial charge in [0.2, 0.25) is 0 Å². The van der Waals surface area contributed by atoms with E-state index in [1.165, 1.54) is 32.1 Å². The summed E-state index contributed by atoms with van der Waals surface area (Å²) in [7, 11) is 0. The third-order valence-electron chi connectivity index (χ3n) is 4.26. The number of benzene rings is 1. The topological polar surface area (TPSA) is 12.0 Å². The molecule has 1 aliphatic rings. The van der Waals surface area contributed by atoms with E-state index >= 15 is 0 Å². The summed E-state index contributed by atoms with van der Waals surface area (Å²) in [5.41, 5.74) is 3.18. The third-order valence-corrected chi connectivity index (χ3v) is 4.26. The van der Waals surface area contributed by atoms with Crippen LogP contribution >= 0.6 is 0 Å². The molecule has 1 atom stereocenters. The lowest BCUT2D eigenvalue weighted by molar-refractivity contribution is 0.395. The molecule has 2 rings (SSSR count). The summed E-state index contributed by atoms with van der Waals surface area (Å²) in [5.74, 6) is 1.57. The van der Waals surface area contributed by atoms with Gasteiger partial charge in [-0.2, -0.15) is 0 Å². The van der Waals surface area contributed by atoms with E-state index in [0.29, 0.717) is 6.04 Å². The van der Waals surface area contributed by atoms with E-state index in [4.69, 9.17) is 0 Å². The smallest absolute Gasteiger partial charge is 0.0325 e. The largest absolute Gasteiger partial charge is 0.310 e. The molecule has 0 aliphatic heterocycles. The fraction of sp³-hybridized carbons (Fsp3) is 0.667. The van der Waals surface area contributed by atoms with Crippen LogP contribution in [0.3, 0.4) is 0 Å². The van der Waals surface area contributed by atoms with E-state index in [1.54, 1.807) is 11.1 Å². The molecule has 1 aliphatic carbocycles. The summed E-state index contributed by atoms with van der Waals surface area (Å²) in [6.07, 6.45) is 6.64. The van der Waals surface area contributed by atoms with E-state index < -0.39 is 0 Å². The minimum Gasteiger partial charge on any atom is -0.310 e. The Hall–Kier alpha value is -0.820. The maximum absolute atomic E-state index is 3.76. The predicted octanol–water partition coefficient (Wildman–Crippen LogP) is 5.04. The number of hydrogen-bond acceptors (Lipinski definition) is 1. The molecule has 1 nitrogen and oxygen atoms in total. The Kier molecular flexibility index (Phi) is 5.45. The van der Waals surface area contributed by atoms with E-state index in [0.717, 1.165) is 18.4 Å². The van der Waals surface area contributed by atoms with E-state index in [-0.39, 0.29) is 0 Å². The minimum atomic E-state index is 0.539. The van der Waals surface area contributed by atoms with Gasteiger partial charge in [0.1, 0.15) is 0 Å². The van der Waals surface area contributed by atoms with Crippen LogP contribution in [0.1, 0.15) is 76.0 Å². The molecule has 1 heteroatoms. The van der Waals surface area contributed by atoms with Crippen molar-refractivity contribution in [3.63, 3.8) is 0 Å². The zero-order chi connectivity index (χ0) is 13.7. The first kappa shape index (κ1) is 14.6. The summed E-state index contributed by atoms with van der Waals surface area (Å²) in [5, 5.41) is 3.76. The molecule has 1 saturated carbocycles. The molecular weight excluding hydrogens is 230 g/mol. The van der Waals surface area contributed by atoms with E-state index in [2.05, 4.69) is 50.4 Å². The molecule has 0 spiro atoms. The molecular formula is C18H29N. The van der Waals surface area contributed by atoms with Crippen molar-refractivity contribution >= 4 is 0 Å². The maximum Gasteiger partial charge on any atom is 0.0325 e. The summed E-state index contributed by atoms with van der Waals surface area (Å²) < 4.78 is 0. The Balaban J connectivity index is 2.18. The highest BCUT2D eigenvalue weighted by Crippen LogP contribution is 2.40. The molecule has 19 heavy (non-hydrogen) atoms. The van der Waals surface area contributed by atoms with Crippen molar-refractivity contribution in [2.75, 3.05) is 6.54 Å². The Morgan fingerprint density at radius 3 is 2.53 bits per heavy atom. The first-order chi connectivity index (χ1) is 9.22. The van der Waals surface area contributed by atoms with Crippen molar-refractivity contribution in [1.82, 2.24) is 5.32 Å². The fourth-order valence-corrected chi connectivity index (χ4v) is 3.03. The first-order valence-electron chi connectivity index (χ1n) is 8.04. The number of rotatable bonds is 7. The lowest BCUT2D eigenvalue weighted by atomic mass is 9.76. The van der Waals surface area contributed by atoms with Crippen molar-refractivity contribution < 1.29 is 0 Å². The van der Waals surface area contributed by atoms with Gasteiger partial charge in [-0.1, -0.05) is 51.5 Å². The summed E-state index contributed by atoms with van der Waals surface area (Å²) in [6.45, 7) is 8.02. The monoisotopic (exact) mass is 259 g/mol. The zero-order valence-electron chi connectivity index (χ0n) is 12.8. The van der Waals surface area contributed by atoms with Crippen LogP contribution in [0.25, 0.3) is 0 Å². The van der Waals surface area contributed by atoms with Crippen molar-refractivity contribution in [2.45, 2.75) is 64.8 Å². The van der Waals surface area contributed by atoms with Gasteiger partial charge < -0.3 is 5.32 Å². The molecule has 1 aromatic rings. The lowest BCUT2D eigenvalue weighted by Crippen LogP contribution is -2.25. The molecule has 0 radical (unpaired) electrons. The van der Waals surface area contributed by atoms with Crippen LogP contribution < -0.4 is 5.32 Å². The molecule has 0 bridgehead atoms. The summed E-state index contributed by atoms with van der Waals surface area (Å²) in [4.78, 5) is 0. The molecule has 0 heterocycles. The molecule has 0 amide bonds. The Bertz CT molecular complexity index is 379. The van der Waals surface area contributed by atoms with Gasteiger partial charge in [-0.3, -0.25) is 0 Å². The van der Waals surface area contributed by atoms with Crippen LogP contribution in [0.15, 0.2) is 24.3 Å². The standard InChI is InChI=1S/C18H29N/c1-4-12-19-18(13-14(2)3)17-11-6-5-10-16(17)15-8-7-9-15/h5-6,10-11,14-15,18-19H,4,7-9,12-13H2,1-3H3. The van der Waals surface area contributed by atoms with Crippen LogP contribution in [0.5, 0.6) is 0 Å². The molecule has 106 valence electrons. The van der Waals surface area contributed by atoms with Gasteiger partial charge in [0.25, 0.3) is 0 Å². The summed E-state index contributed by atoms with van der Waals surface area (Å²) in [6, 6.07) is 9.67. The second-order valence-corrected chi connectivity index (χ2v) is 6.39. The number of hydrogen-bond donors (Lipinski definition) is 1. The molecule has 0 aromatic heterocycles. The Labute approximate surface area is 118 Å².